The first-order valence-electron chi connectivity index (χ1n) is 5.30. The first-order valence-corrected chi connectivity index (χ1v) is 5.30. The minimum atomic E-state index is -0.177. The molecule has 88 valence electrons. The molecule has 5 nitrogen and oxygen atoms in total. The van der Waals surface area contributed by atoms with Crippen molar-refractivity contribution in [1.29, 1.82) is 0 Å². The van der Waals surface area contributed by atoms with E-state index in [4.69, 9.17) is 5.73 Å². The van der Waals surface area contributed by atoms with E-state index in [0.29, 0.717) is 12.2 Å². The number of H-pyrrole nitrogens is 1. The summed E-state index contributed by atoms with van der Waals surface area (Å²) in [6, 6.07) is 7.29. The number of nitrogens with two attached hydrogens (primary N) is 1. The number of aromatic nitrogens is 2. The second-order valence-electron chi connectivity index (χ2n) is 3.78. The number of amides is 1. The fourth-order valence-corrected chi connectivity index (χ4v) is 1.55. The number of nitrogens with zero attached hydrogens (tertiary/aromatic N) is 1. The molecule has 0 aliphatic rings. The van der Waals surface area contributed by atoms with E-state index in [1.165, 1.54) is 0 Å². The number of carbonyl (C=O) groups excluding carboxylic acids is 1. The second-order valence-corrected chi connectivity index (χ2v) is 3.78. The van der Waals surface area contributed by atoms with Crippen LogP contribution < -0.4 is 11.1 Å². The monoisotopic (exact) mass is 230 g/mol. The lowest BCUT2D eigenvalue weighted by Crippen LogP contribution is -2.23. The number of hydrogen-bond acceptors (Lipinski definition) is 3. The molecule has 1 aromatic carbocycles. The maximum Gasteiger partial charge on any atom is 0.269 e. The van der Waals surface area contributed by atoms with E-state index < -0.39 is 0 Å². The fourth-order valence-electron chi connectivity index (χ4n) is 1.55. The van der Waals surface area contributed by atoms with E-state index in [1.807, 2.05) is 25.1 Å². The highest BCUT2D eigenvalue weighted by molar-refractivity contribution is 5.92. The number of nitrogen functional groups attached to an aromatic ring is 1. The van der Waals surface area contributed by atoms with Crippen molar-refractivity contribution >= 4 is 11.6 Å². The topological polar surface area (TPSA) is 83.8 Å². The Labute approximate surface area is 99.0 Å². The fraction of sp³-hybridized carbons (Fsp3) is 0.167. The van der Waals surface area contributed by atoms with Gasteiger partial charge in [0.25, 0.3) is 5.91 Å². The molecule has 0 bridgehead atoms. The number of benzene rings is 1. The molecule has 0 aliphatic carbocycles. The third-order valence-corrected chi connectivity index (χ3v) is 2.67. The Kier molecular flexibility index (Phi) is 3.09. The van der Waals surface area contributed by atoms with E-state index in [-0.39, 0.29) is 5.91 Å². The molecule has 2 rings (SSSR count). The molecule has 0 spiro atoms. The predicted octanol–water partition coefficient (Wildman–Crippen LogP) is 1.23. The Bertz CT molecular complexity index is 519. The smallest absolute Gasteiger partial charge is 0.269 e. The maximum absolute atomic E-state index is 11.7. The Morgan fingerprint density at radius 3 is 3.00 bits per heavy atom. The molecule has 0 fully saturated rings. The minimum absolute atomic E-state index is 0.177. The van der Waals surface area contributed by atoms with Gasteiger partial charge in [-0.1, -0.05) is 12.1 Å². The molecular formula is C12H14N4O. The van der Waals surface area contributed by atoms with Crippen molar-refractivity contribution in [2.45, 2.75) is 13.5 Å². The zero-order valence-corrected chi connectivity index (χ0v) is 9.53. The summed E-state index contributed by atoms with van der Waals surface area (Å²) in [5.41, 5.74) is 8.99. The van der Waals surface area contributed by atoms with Crippen molar-refractivity contribution in [1.82, 2.24) is 15.5 Å². The van der Waals surface area contributed by atoms with Gasteiger partial charge in [0.05, 0.1) is 0 Å². The molecule has 1 heterocycles. The number of nitrogens with one attached hydrogen (secondary N) is 2. The lowest BCUT2D eigenvalue weighted by Gasteiger charge is -2.09. The van der Waals surface area contributed by atoms with Crippen molar-refractivity contribution in [3.8, 4) is 0 Å². The number of anilines is 1. The van der Waals surface area contributed by atoms with Gasteiger partial charge < -0.3 is 11.1 Å². The van der Waals surface area contributed by atoms with Gasteiger partial charge in [-0.25, -0.2) is 0 Å². The van der Waals surface area contributed by atoms with Crippen LogP contribution in [0.4, 0.5) is 5.69 Å². The van der Waals surface area contributed by atoms with Crippen LogP contribution in [0.1, 0.15) is 21.6 Å². The molecule has 1 aromatic heterocycles. The molecule has 0 aliphatic heterocycles. The molecule has 0 saturated heterocycles. The van der Waals surface area contributed by atoms with E-state index in [9.17, 15) is 4.79 Å². The summed E-state index contributed by atoms with van der Waals surface area (Å²) in [5.74, 6) is -0.177. The lowest BCUT2D eigenvalue weighted by molar-refractivity contribution is 0.0946. The standard InChI is InChI=1S/C12H14N4O/c1-8-9(3-2-4-10(8)13)7-14-12(17)11-5-6-15-16-11/h2-6H,7,13H2,1H3,(H,14,17)(H,15,16). The Balaban J connectivity index is 2.03. The van der Waals surface area contributed by atoms with Crippen molar-refractivity contribution in [3.63, 3.8) is 0 Å². The third-order valence-electron chi connectivity index (χ3n) is 2.67. The zero-order chi connectivity index (χ0) is 12.3. The van der Waals surface area contributed by atoms with Crippen LogP contribution in [0.2, 0.25) is 0 Å². The molecule has 1 amide bonds. The second kappa shape index (κ2) is 4.69. The van der Waals surface area contributed by atoms with Crippen LogP contribution in [0.3, 0.4) is 0 Å². The highest BCUT2D eigenvalue weighted by atomic mass is 16.1. The summed E-state index contributed by atoms with van der Waals surface area (Å²) >= 11 is 0. The van der Waals surface area contributed by atoms with Gasteiger partial charge in [-0.15, -0.1) is 0 Å². The Hall–Kier alpha value is -2.30. The van der Waals surface area contributed by atoms with Gasteiger partial charge in [0.2, 0.25) is 0 Å². The maximum atomic E-state index is 11.7. The van der Waals surface area contributed by atoms with Crippen LogP contribution >= 0.6 is 0 Å². The molecule has 2 aromatic rings. The van der Waals surface area contributed by atoms with E-state index in [1.54, 1.807) is 12.3 Å². The van der Waals surface area contributed by atoms with E-state index >= 15 is 0 Å². The normalized spacial score (nSPS) is 10.2. The van der Waals surface area contributed by atoms with Gasteiger partial charge in [-0.05, 0) is 30.2 Å². The number of aromatic amines is 1. The number of carbonyl (C=O) groups is 1. The highest BCUT2D eigenvalue weighted by Gasteiger charge is 2.07. The molecule has 17 heavy (non-hydrogen) atoms. The highest BCUT2D eigenvalue weighted by Crippen LogP contribution is 2.15. The summed E-state index contributed by atoms with van der Waals surface area (Å²) < 4.78 is 0. The Morgan fingerprint density at radius 2 is 2.29 bits per heavy atom. The lowest BCUT2D eigenvalue weighted by atomic mass is 10.1. The van der Waals surface area contributed by atoms with Crippen LogP contribution in [-0.4, -0.2) is 16.1 Å². The predicted molar refractivity (Wildman–Crippen MR) is 65.3 cm³/mol. The van der Waals surface area contributed by atoms with Crippen molar-refractivity contribution in [2.75, 3.05) is 5.73 Å². The van der Waals surface area contributed by atoms with Crippen molar-refractivity contribution in [2.24, 2.45) is 0 Å². The molecule has 0 radical (unpaired) electrons. The van der Waals surface area contributed by atoms with Crippen LogP contribution in [0, 0.1) is 6.92 Å². The molecule has 5 heteroatoms. The van der Waals surface area contributed by atoms with Crippen LogP contribution in [-0.2, 0) is 6.54 Å². The summed E-state index contributed by atoms with van der Waals surface area (Å²) in [6.07, 6.45) is 1.54. The van der Waals surface area contributed by atoms with Gasteiger partial charge in [-0.3, -0.25) is 9.89 Å². The summed E-state index contributed by atoms with van der Waals surface area (Å²) in [4.78, 5) is 11.7. The average molecular weight is 230 g/mol. The molecule has 0 atom stereocenters. The molecular weight excluding hydrogens is 216 g/mol. The molecule has 0 unspecified atom stereocenters. The van der Waals surface area contributed by atoms with E-state index in [0.717, 1.165) is 16.8 Å². The van der Waals surface area contributed by atoms with Gasteiger partial charge in [0.15, 0.2) is 0 Å². The van der Waals surface area contributed by atoms with E-state index in [2.05, 4.69) is 15.5 Å². The summed E-state index contributed by atoms with van der Waals surface area (Å²) in [7, 11) is 0. The van der Waals surface area contributed by atoms with Crippen molar-refractivity contribution < 1.29 is 4.79 Å². The first-order chi connectivity index (χ1) is 8.18. The zero-order valence-electron chi connectivity index (χ0n) is 9.53. The average Bonchev–Trinajstić information content (AvgIpc) is 2.84. The van der Waals surface area contributed by atoms with Crippen LogP contribution in [0.25, 0.3) is 0 Å². The molecule has 0 saturated carbocycles. The number of rotatable bonds is 3. The number of hydrogen-bond donors (Lipinski definition) is 3. The van der Waals surface area contributed by atoms with Gasteiger partial charge in [-0.2, -0.15) is 5.10 Å². The van der Waals surface area contributed by atoms with Gasteiger partial charge >= 0.3 is 0 Å². The summed E-state index contributed by atoms with van der Waals surface area (Å²) in [6.45, 7) is 2.39. The molecule has 4 N–H and O–H groups in total. The first kappa shape index (κ1) is 11.2. The van der Waals surface area contributed by atoms with Crippen molar-refractivity contribution in [3.05, 3.63) is 47.3 Å². The summed E-state index contributed by atoms with van der Waals surface area (Å²) in [5, 5.41) is 9.14. The third kappa shape index (κ3) is 2.44. The van der Waals surface area contributed by atoms with Gasteiger partial charge in [0.1, 0.15) is 5.69 Å². The minimum Gasteiger partial charge on any atom is -0.399 e. The van der Waals surface area contributed by atoms with Crippen LogP contribution in [0.15, 0.2) is 30.5 Å². The Morgan fingerprint density at radius 1 is 1.47 bits per heavy atom. The quantitative estimate of drug-likeness (QED) is 0.693. The van der Waals surface area contributed by atoms with Gasteiger partial charge in [0, 0.05) is 18.4 Å². The SMILES string of the molecule is Cc1c(N)cccc1CNC(=O)c1ccn[nH]1. The largest absolute Gasteiger partial charge is 0.399 e. The van der Waals surface area contributed by atoms with Crippen LogP contribution in [0.5, 0.6) is 0 Å².